The summed E-state index contributed by atoms with van der Waals surface area (Å²) in [5, 5.41) is 4.54. The van der Waals surface area contributed by atoms with Gasteiger partial charge in [0.15, 0.2) is 0 Å². The maximum absolute atomic E-state index is 5.91. The molecular formula is C13H21BrClN3O. The highest BCUT2D eigenvalue weighted by molar-refractivity contribution is 9.10. The summed E-state index contributed by atoms with van der Waals surface area (Å²) in [5.74, 6) is 0.552. The smallest absolute Gasteiger partial charge is 0.0838 e. The second-order valence-corrected chi connectivity index (χ2v) is 6.15. The third kappa shape index (κ3) is 3.32. The van der Waals surface area contributed by atoms with Crippen molar-refractivity contribution in [2.45, 2.75) is 46.0 Å². The molecule has 1 aliphatic heterocycles. The minimum atomic E-state index is 0.135. The Bertz CT molecular complexity index is 438. The fourth-order valence-electron chi connectivity index (χ4n) is 2.40. The number of alkyl halides is 1. The van der Waals surface area contributed by atoms with Gasteiger partial charge in [-0.3, -0.25) is 9.58 Å². The highest BCUT2D eigenvalue weighted by atomic mass is 79.9. The number of hydrogen-bond donors (Lipinski definition) is 0. The molecule has 2 rings (SSSR count). The molecule has 1 aliphatic rings. The summed E-state index contributed by atoms with van der Waals surface area (Å²) in [6, 6.07) is 0.409. The van der Waals surface area contributed by atoms with Gasteiger partial charge in [-0.25, -0.2) is 0 Å². The first-order chi connectivity index (χ1) is 9.06. The molecule has 1 saturated heterocycles. The van der Waals surface area contributed by atoms with E-state index in [1.165, 1.54) is 5.69 Å². The van der Waals surface area contributed by atoms with Crippen LogP contribution >= 0.6 is 27.5 Å². The number of ether oxygens (including phenoxy) is 1. The molecule has 2 unspecified atom stereocenters. The van der Waals surface area contributed by atoms with Crippen molar-refractivity contribution in [1.29, 1.82) is 0 Å². The van der Waals surface area contributed by atoms with Gasteiger partial charge in [-0.1, -0.05) is 0 Å². The Morgan fingerprint density at radius 1 is 1.53 bits per heavy atom. The van der Waals surface area contributed by atoms with Gasteiger partial charge in [0.1, 0.15) is 0 Å². The molecule has 0 saturated carbocycles. The average Bonchev–Trinajstić information content (AvgIpc) is 2.68. The van der Waals surface area contributed by atoms with Crippen LogP contribution in [-0.4, -0.2) is 45.9 Å². The SMILES string of the molecule is CCn1nc(C)c(Br)c1CN1CC(CCl)OCC1C. The monoisotopic (exact) mass is 349 g/mol. The lowest BCUT2D eigenvalue weighted by molar-refractivity contribution is -0.0519. The van der Waals surface area contributed by atoms with Gasteiger partial charge in [0.05, 0.1) is 28.6 Å². The summed E-state index contributed by atoms with van der Waals surface area (Å²) >= 11 is 9.57. The molecule has 1 fully saturated rings. The minimum absolute atomic E-state index is 0.135. The lowest BCUT2D eigenvalue weighted by Crippen LogP contribution is -2.48. The van der Waals surface area contributed by atoms with Gasteiger partial charge < -0.3 is 4.74 Å². The van der Waals surface area contributed by atoms with Crippen molar-refractivity contribution in [2.24, 2.45) is 0 Å². The maximum atomic E-state index is 5.91. The molecule has 0 amide bonds. The van der Waals surface area contributed by atoms with Crippen LogP contribution in [0.25, 0.3) is 0 Å². The zero-order valence-electron chi connectivity index (χ0n) is 11.7. The summed E-state index contributed by atoms with van der Waals surface area (Å²) in [5.41, 5.74) is 2.29. The van der Waals surface area contributed by atoms with Crippen LogP contribution in [0.5, 0.6) is 0 Å². The molecule has 1 aromatic heterocycles. The molecular weight excluding hydrogens is 330 g/mol. The predicted octanol–water partition coefficient (Wildman–Crippen LogP) is 2.80. The van der Waals surface area contributed by atoms with E-state index >= 15 is 0 Å². The normalized spacial score (nSPS) is 24.9. The number of aromatic nitrogens is 2. The minimum Gasteiger partial charge on any atom is -0.374 e. The van der Waals surface area contributed by atoms with Crippen LogP contribution in [0.3, 0.4) is 0 Å². The third-order valence-corrected chi connectivity index (χ3v) is 4.99. The predicted molar refractivity (Wildman–Crippen MR) is 80.7 cm³/mol. The van der Waals surface area contributed by atoms with Gasteiger partial charge in [0.25, 0.3) is 0 Å². The zero-order chi connectivity index (χ0) is 14.0. The number of aryl methyl sites for hydroxylation is 2. The number of nitrogens with zero attached hydrogens (tertiary/aromatic N) is 3. The van der Waals surface area contributed by atoms with Gasteiger partial charge in [-0.2, -0.15) is 5.10 Å². The standard InChI is InChI=1S/C13H21BrClN3O/c1-4-18-12(13(14)10(3)16-18)7-17-6-11(5-15)19-8-9(17)2/h9,11H,4-8H2,1-3H3. The molecule has 0 aromatic carbocycles. The summed E-state index contributed by atoms with van der Waals surface area (Å²) < 4.78 is 8.88. The Morgan fingerprint density at radius 3 is 2.89 bits per heavy atom. The number of rotatable bonds is 4. The van der Waals surface area contributed by atoms with Crippen molar-refractivity contribution < 1.29 is 4.74 Å². The molecule has 108 valence electrons. The van der Waals surface area contributed by atoms with E-state index in [9.17, 15) is 0 Å². The zero-order valence-corrected chi connectivity index (χ0v) is 14.0. The summed E-state index contributed by atoms with van der Waals surface area (Å²) in [4.78, 5) is 2.42. The highest BCUT2D eigenvalue weighted by Gasteiger charge is 2.27. The van der Waals surface area contributed by atoms with Crippen molar-refractivity contribution in [3.05, 3.63) is 15.9 Å². The molecule has 0 bridgehead atoms. The van der Waals surface area contributed by atoms with Crippen LogP contribution in [0.2, 0.25) is 0 Å². The lowest BCUT2D eigenvalue weighted by atomic mass is 10.2. The van der Waals surface area contributed by atoms with Crippen LogP contribution in [0, 0.1) is 6.92 Å². The molecule has 0 aliphatic carbocycles. The van der Waals surface area contributed by atoms with Crippen molar-refractivity contribution in [3.63, 3.8) is 0 Å². The molecule has 19 heavy (non-hydrogen) atoms. The van der Waals surface area contributed by atoms with Crippen LogP contribution in [-0.2, 0) is 17.8 Å². The van der Waals surface area contributed by atoms with Crippen LogP contribution in [0.15, 0.2) is 4.47 Å². The number of morpholine rings is 1. The van der Waals surface area contributed by atoms with Crippen LogP contribution in [0.1, 0.15) is 25.2 Å². The Balaban J connectivity index is 2.15. The first-order valence-electron chi connectivity index (χ1n) is 6.70. The fourth-order valence-corrected chi connectivity index (χ4v) is 3.00. The van der Waals surface area contributed by atoms with Gasteiger partial charge in [-0.05, 0) is 36.7 Å². The molecule has 0 spiro atoms. The Kier molecular flexibility index (Phi) is 5.29. The summed E-state index contributed by atoms with van der Waals surface area (Å²) in [6.45, 7) is 9.74. The number of hydrogen-bond acceptors (Lipinski definition) is 3. The number of halogens is 2. The van der Waals surface area contributed by atoms with Gasteiger partial charge >= 0.3 is 0 Å². The lowest BCUT2D eigenvalue weighted by Gasteiger charge is -2.37. The van der Waals surface area contributed by atoms with E-state index in [0.29, 0.717) is 11.9 Å². The third-order valence-electron chi connectivity index (χ3n) is 3.61. The topological polar surface area (TPSA) is 30.3 Å². The average molecular weight is 351 g/mol. The largest absolute Gasteiger partial charge is 0.374 e. The van der Waals surface area contributed by atoms with Crippen LogP contribution in [0.4, 0.5) is 0 Å². The Morgan fingerprint density at radius 2 is 2.26 bits per heavy atom. The second kappa shape index (κ2) is 6.57. The van der Waals surface area contributed by atoms with E-state index in [1.54, 1.807) is 0 Å². The quantitative estimate of drug-likeness (QED) is 0.782. The Hall–Kier alpha value is -0.100. The summed E-state index contributed by atoms with van der Waals surface area (Å²) in [7, 11) is 0. The van der Waals surface area contributed by atoms with Crippen molar-refractivity contribution in [2.75, 3.05) is 19.0 Å². The maximum Gasteiger partial charge on any atom is 0.0838 e. The van der Waals surface area contributed by atoms with Crippen molar-refractivity contribution in [1.82, 2.24) is 14.7 Å². The first-order valence-corrected chi connectivity index (χ1v) is 8.02. The molecule has 2 atom stereocenters. The molecule has 6 heteroatoms. The molecule has 2 heterocycles. The van der Waals surface area contributed by atoms with E-state index in [4.69, 9.17) is 16.3 Å². The Labute approximate surface area is 128 Å². The van der Waals surface area contributed by atoms with Crippen LogP contribution < -0.4 is 0 Å². The van der Waals surface area contributed by atoms with Gasteiger partial charge in [-0.15, -0.1) is 11.6 Å². The highest BCUT2D eigenvalue weighted by Crippen LogP contribution is 2.24. The van der Waals surface area contributed by atoms with Crippen molar-refractivity contribution in [3.8, 4) is 0 Å². The second-order valence-electron chi connectivity index (χ2n) is 5.05. The van der Waals surface area contributed by atoms with Gasteiger partial charge in [0, 0.05) is 31.6 Å². The molecule has 0 N–H and O–H groups in total. The van der Waals surface area contributed by atoms with E-state index in [1.807, 2.05) is 6.92 Å². The van der Waals surface area contributed by atoms with E-state index in [0.717, 1.165) is 36.4 Å². The molecule has 1 aromatic rings. The van der Waals surface area contributed by atoms with Crippen molar-refractivity contribution >= 4 is 27.5 Å². The first kappa shape index (κ1) is 15.3. The van der Waals surface area contributed by atoms with E-state index in [-0.39, 0.29) is 6.10 Å². The summed E-state index contributed by atoms with van der Waals surface area (Å²) in [6.07, 6.45) is 0.135. The fraction of sp³-hybridized carbons (Fsp3) is 0.769. The van der Waals surface area contributed by atoms with Gasteiger partial charge in [0.2, 0.25) is 0 Å². The molecule has 0 radical (unpaired) electrons. The molecule has 4 nitrogen and oxygen atoms in total. The van der Waals surface area contributed by atoms with E-state index in [2.05, 4.69) is 44.5 Å². The van der Waals surface area contributed by atoms with E-state index < -0.39 is 0 Å².